The third-order valence-corrected chi connectivity index (χ3v) is 3.33. The predicted octanol–water partition coefficient (Wildman–Crippen LogP) is 2.04. The van der Waals surface area contributed by atoms with Crippen LogP contribution in [0.3, 0.4) is 0 Å². The highest BCUT2D eigenvalue weighted by molar-refractivity contribution is 5.85. The smallest absolute Gasteiger partial charge is 0.111 e. The van der Waals surface area contributed by atoms with Gasteiger partial charge in [-0.2, -0.15) is 0 Å². The minimum absolute atomic E-state index is 0. The summed E-state index contributed by atoms with van der Waals surface area (Å²) in [6, 6.07) is 0. The molecule has 2 aliphatic carbocycles. The molecule has 0 aromatic carbocycles. The van der Waals surface area contributed by atoms with Crippen LogP contribution in [0.5, 0.6) is 0 Å². The number of alkyl halides is 1. The molecule has 0 spiro atoms. The number of hydrogen-bond acceptors (Lipinski definition) is 1. The summed E-state index contributed by atoms with van der Waals surface area (Å²) >= 11 is 0. The molecule has 2 saturated carbocycles. The minimum atomic E-state index is -0.806. The maximum Gasteiger partial charge on any atom is 0.111 e. The van der Waals surface area contributed by atoms with E-state index in [0.29, 0.717) is 6.54 Å². The fraction of sp³-hybridized carbons (Fsp3) is 1.00. The van der Waals surface area contributed by atoms with Crippen LogP contribution in [-0.2, 0) is 0 Å². The van der Waals surface area contributed by atoms with Crippen LogP contribution in [0.4, 0.5) is 4.39 Å². The van der Waals surface area contributed by atoms with E-state index in [1.54, 1.807) is 0 Å². The van der Waals surface area contributed by atoms with E-state index in [0.717, 1.165) is 32.1 Å². The van der Waals surface area contributed by atoms with Crippen molar-refractivity contribution < 1.29 is 4.39 Å². The first-order valence-electron chi connectivity index (χ1n) is 4.07. The maximum atomic E-state index is 13.5. The number of rotatable bonds is 1. The zero-order valence-electron chi connectivity index (χ0n) is 6.61. The summed E-state index contributed by atoms with van der Waals surface area (Å²) in [5.74, 6) is 0. The second-order valence-electron chi connectivity index (χ2n) is 4.03. The molecule has 0 radical (unpaired) electrons. The Morgan fingerprint density at radius 1 is 1.18 bits per heavy atom. The van der Waals surface area contributed by atoms with Gasteiger partial charge in [0.2, 0.25) is 0 Å². The molecule has 0 amide bonds. The molecule has 2 aliphatic rings. The van der Waals surface area contributed by atoms with Crippen LogP contribution in [0.2, 0.25) is 0 Å². The van der Waals surface area contributed by atoms with Gasteiger partial charge in [-0.1, -0.05) is 0 Å². The molecule has 0 aromatic rings. The lowest BCUT2D eigenvalue weighted by atomic mass is 9.84. The van der Waals surface area contributed by atoms with E-state index in [1.165, 1.54) is 0 Å². The number of halogens is 2. The van der Waals surface area contributed by atoms with Crippen molar-refractivity contribution in [1.29, 1.82) is 0 Å². The van der Waals surface area contributed by atoms with Gasteiger partial charge >= 0.3 is 0 Å². The van der Waals surface area contributed by atoms with Gasteiger partial charge in [0.25, 0.3) is 0 Å². The molecule has 2 N–H and O–H groups in total. The molecular weight excluding hydrogens is 165 g/mol. The molecule has 0 atom stereocenters. The third kappa shape index (κ3) is 1.27. The molecular formula is C8H15ClFN. The Morgan fingerprint density at radius 2 is 1.73 bits per heavy atom. The lowest BCUT2D eigenvalue weighted by Crippen LogP contribution is -2.25. The van der Waals surface area contributed by atoms with Crippen LogP contribution in [0.25, 0.3) is 0 Å². The highest BCUT2D eigenvalue weighted by atomic mass is 35.5. The van der Waals surface area contributed by atoms with Crippen LogP contribution in [0.15, 0.2) is 0 Å². The molecule has 2 fully saturated rings. The summed E-state index contributed by atoms with van der Waals surface area (Å²) in [5, 5.41) is 0. The molecule has 66 valence electrons. The van der Waals surface area contributed by atoms with E-state index in [1.807, 2.05) is 0 Å². The van der Waals surface area contributed by atoms with Gasteiger partial charge in [-0.05, 0) is 44.1 Å². The quantitative estimate of drug-likeness (QED) is 0.655. The number of fused-ring (bicyclic) bond motifs is 2. The Morgan fingerprint density at radius 3 is 1.91 bits per heavy atom. The molecule has 3 heteroatoms. The van der Waals surface area contributed by atoms with E-state index in [4.69, 9.17) is 5.73 Å². The first-order chi connectivity index (χ1) is 4.68. The molecule has 1 nitrogen and oxygen atoms in total. The summed E-state index contributed by atoms with van der Waals surface area (Å²) < 4.78 is 13.5. The predicted molar refractivity (Wildman–Crippen MR) is 45.7 cm³/mol. The highest BCUT2D eigenvalue weighted by Gasteiger charge is 2.53. The van der Waals surface area contributed by atoms with E-state index >= 15 is 0 Å². The monoisotopic (exact) mass is 179 g/mol. The highest BCUT2D eigenvalue weighted by Crippen LogP contribution is 2.57. The normalized spacial score (nSPS) is 47.5. The van der Waals surface area contributed by atoms with Crippen molar-refractivity contribution in [2.45, 2.75) is 37.8 Å². The van der Waals surface area contributed by atoms with Gasteiger partial charge in [0.05, 0.1) is 0 Å². The van der Waals surface area contributed by atoms with Crippen molar-refractivity contribution in [3.05, 3.63) is 0 Å². The topological polar surface area (TPSA) is 26.0 Å². The van der Waals surface area contributed by atoms with Gasteiger partial charge in [-0.15, -0.1) is 12.4 Å². The summed E-state index contributed by atoms with van der Waals surface area (Å²) in [7, 11) is 0. The molecule has 0 heterocycles. The summed E-state index contributed by atoms with van der Waals surface area (Å²) in [4.78, 5) is 0. The Kier molecular flexibility index (Phi) is 2.19. The first kappa shape index (κ1) is 9.27. The van der Waals surface area contributed by atoms with E-state index in [2.05, 4.69) is 0 Å². The van der Waals surface area contributed by atoms with Gasteiger partial charge in [0, 0.05) is 0 Å². The molecule has 2 rings (SSSR count). The summed E-state index contributed by atoms with van der Waals surface area (Å²) in [5.41, 5.74) is 5.01. The summed E-state index contributed by atoms with van der Waals surface area (Å²) in [6.45, 7) is 0.693. The zero-order valence-corrected chi connectivity index (χ0v) is 7.42. The van der Waals surface area contributed by atoms with Crippen molar-refractivity contribution >= 4 is 12.4 Å². The largest absolute Gasteiger partial charge is 0.330 e. The van der Waals surface area contributed by atoms with Crippen LogP contribution in [0.1, 0.15) is 32.1 Å². The second-order valence-corrected chi connectivity index (χ2v) is 4.03. The van der Waals surface area contributed by atoms with Crippen molar-refractivity contribution in [2.75, 3.05) is 6.54 Å². The van der Waals surface area contributed by atoms with E-state index < -0.39 is 5.67 Å². The number of hydrogen-bond donors (Lipinski definition) is 1. The summed E-state index contributed by atoms with van der Waals surface area (Å²) in [6.07, 6.45) is 4.34. The average molecular weight is 180 g/mol. The minimum Gasteiger partial charge on any atom is -0.330 e. The maximum absolute atomic E-state index is 13.5. The fourth-order valence-electron chi connectivity index (χ4n) is 2.53. The molecule has 0 aromatic heterocycles. The van der Waals surface area contributed by atoms with Gasteiger partial charge in [-0.3, -0.25) is 0 Å². The van der Waals surface area contributed by atoms with Gasteiger partial charge < -0.3 is 5.73 Å². The van der Waals surface area contributed by atoms with Crippen LogP contribution in [-0.4, -0.2) is 12.2 Å². The second kappa shape index (κ2) is 2.60. The van der Waals surface area contributed by atoms with Crippen LogP contribution >= 0.6 is 12.4 Å². The van der Waals surface area contributed by atoms with E-state index in [9.17, 15) is 4.39 Å². The zero-order chi connectivity index (χ0) is 7.24. The Balaban J connectivity index is 0.000000605. The lowest BCUT2D eigenvalue weighted by molar-refractivity contribution is 0.176. The van der Waals surface area contributed by atoms with Gasteiger partial charge in [0.1, 0.15) is 5.67 Å². The molecule has 0 unspecified atom stereocenters. The third-order valence-electron chi connectivity index (χ3n) is 3.33. The molecule has 11 heavy (non-hydrogen) atoms. The lowest BCUT2D eigenvalue weighted by Gasteiger charge is -2.23. The SMILES string of the molecule is Cl.NCC12CCC(F)(CC1)C2. The molecule has 2 bridgehead atoms. The standard InChI is InChI=1S/C8H14FN.ClH/c9-8-3-1-7(5-8,6-10)2-4-8;/h1-6,10H2;1H. The van der Waals surface area contributed by atoms with Crippen molar-refractivity contribution in [2.24, 2.45) is 11.1 Å². The average Bonchev–Trinajstić information content (AvgIpc) is 2.42. The van der Waals surface area contributed by atoms with Crippen LogP contribution in [0, 0.1) is 5.41 Å². The Labute approximate surface area is 72.9 Å². The fourth-order valence-corrected chi connectivity index (χ4v) is 2.53. The van der Waals surface area contributed by atoms with Gasteiger partial charge in [-0.25, -0.2) is 4.39 Å². The van der Waals surface area contributed by atoms with E-state index in [-0.39, 0.29) is 17.8 Å². The van der Waals surface area contributed by atoms with Gasteiger partial charge in [0.15, 0.2) is 0 Å². The number of nitrogens with two attached hydrogens (primary N) is 1. The first-order valence-corrected chi connectivity index (χ1v) is 4.07. The van der Waals surface area contributed by atoms with Crippen molar-refractivity contribution in [3.63, 3.8) is 0 Å². The molecule has 0 saturated heterocycles. The van der Waals surface area contributed by atoms with Crippen molar-refractivity contribution in [1.82, 2.24) is 0 Å². The Hall–Kier alpha value is 0.180. The Bertz CT molecular complexity index is 152. The van der Waals surface area contributed by atoms with Crippen LogP contribution < -0.4 is 5.73 Å². The van der Waals surface area contributed by atoms with Crippen molar-refractivity contribution in [3.8, 4) is 0 Å². The molecule has 0 aliphatic heterocycles.